The molecule has 2 heterocycles. The molecule has 0 aromatic heterocycles. The summed E-state index contributed by atoms with van der Waals surface area (Å²) < 4.78 is 6.36. The predicted octanol–water partition coefficient (Wildman–Crippen LogP) is 3.46. The lowest BCUT2D eigenvalue weighted by atomic mass is 9.69. The molecule has 3 fully saturated rings. The Kier molecular flexibility index (Phi) is 3.22. The minimum Gasteiger partial charge on any atom is -0.374 e. The Morgan fingerprint density at radius 3 is 2.39 bits per heavy atom. The van der Waals surface area contributed by atoms with Crippen molar-refractivity contribution in [2.45, 2.75) is 70.4 Å². The van der Waals surface area contributed by atoms with Crippen LogP contribution in [0.15, 0.2) is 0 Å². The van der Waals surface area contributed by atoms with Crippen LogP contribution in [0.4, 0.5) is 0 Å². The van der Waals surface area contributed by atoms with E-state index >= 15 is 0 Å². The summed E-state index contributed by atoms with van der Waals surface area (Å²) in [6, 6.07) is 0. The number of likely N-dealkylation sites (tertiary alicyclic amines) is 1. The monoisotopic (exact) mass is 251 g/mol. The highest BCUT2D eigenvalue weighted by molar-refractivity contribution is 5.02. The number of ether oxygens (including phenoxy) is 1. The lowest BCUT2D eigenvalue weighted by Gasteiger charge is -2.47. The number of hydrogen-bond acceptors (Lipinski definition) is 2. The molecule has 2 aliphatic heterocycles. The molecule has 2 saturated heterocycles. The van der Waals surface area contributed by atoms with Gasteiger partial charge in [0.25, 0.3) is 0 Å². The first-order valence-corrected chi connectivity index (χ1v) is 7.90. The molecule has 0 radical (unpaired) electrons. The quantitative estimate of drug-likeness (QED) is 0.654. The van der Waals surface area contributed by atoms with E-state index in [1.54, 1.807) is 0 Å². The molecular weight excluding hydrogens is 222 g/mol. The Morgan fingerprint density at radius 1 is 1.06 bits per heavy atom. The number of fused-ring (bicyclic) bond motifs is 2. The lowest BCUT2D eigenvalue weighted by molar-refractivity contribution is -0.0820. The molecular formula is C16H29NO. The van der Waals surface area contributed by atoms with Crippen molar-refractivity contribution in [1.82, 2.24) is 4.90 Å². The Balaban J connectivity index is 1.68. The maximum Gasteiger partial charge on any atom is 0.0738 e. The molecule has 1 spiro atoms. The van der Waals surface area contributed by atoms with E-state index in [-0.39, 0.29) is 5.60 Å². The van der Waals surface area contributed by atoms with Crippen LogP contribution in [0.1, 0.15) is 59.3 Å². The van der Waals surface area contributed by atoms with Crippen LogP contribution in [0.25, 0.3) is 0 Å². The zero-order valence-electron chi connectivity index (χ0n) is 12.4. The first kappa shape index (κ1) is 12.9. The average Bonchev–Trinajstić information content (AvgIpc) is 2.69. The zero-order valence-corrected chi connectivity index (χ0v) is 12.4. The van der Waals surface area contributed by atoms with Crippen LogP contribution in [-0.4, -0.2) is 35.7 Å². The summed E-state index contributed by atoms with van der Waals surface area (Å²) in [4.78, 5) is 2.64. The van der Waals surface area contributed by atoms with Crippen molar-refractivity contribution in [3.05, 3.63) is 0 Å². The van der Waals surface area contributed by atoms with Gasteiger partial charge in [-0.05, 0) is 58.3 Å². The van der Waals surface area contributed by atoms with Crippen LogP contribution in [-0.2, 0) is 4.74 Å². The molecule has 0 aromatic carbocycles. The van der Waals surface area contributed by atoms with Crippen molar-refractivity contribution >= 4 is 0 Å². The molecule has 0 amide bonds. The van der Waals surface area contributed by atoms with Crippen LogP contribution in [0.5, 0.6) is 0 Å². The predicted molar refractivity (Wildman–Crippen MR) is 74.7 cm³/mol. The standard InChI is InChI=1S/C16H29NO/c1-15(2,3)17-10-8-16(9-11-17)14-7-5-4-6-13(14)12-18-16/h13-14H,4-12H2,1-3H3. The van der Waals surface area contributed by atoms with Crippen LogP contribution in [0.3, 0.4) is 0 Å². The summed E-state index contributed by atoms with van der Waals surface area (Å²) in [6.45, 7) is 10.5. The smallest absolute Gasteiger partial charge is 0.0738 e. The third kappa shape index (κ3) is 2.12. The van der Waals surface area contributed by atoms with E-state index < -0.39 is 0 Å². The SMILES string of the molecule is CC(C)(C)N1CCC2(CC1)OCC1CCCCC12. The minimum absolute atomic E-state index is 0.271. The van der Waals surface area contributed by atoms with Gasteiger partial charge in [-0.15, -0.1) is 0 Å². The molecule has 0 N–H and O–H groups in total. The Bertz CT molecular complexity index is 299. The first-order chi connectivity index (χ1) is 8.51. The van der Waals surface area contributed by atoms with E-state index in [0.717, 1.165) is 18.4 Å². The van der Waals surface area contributed by atoms with E-state index in [1.165, 1.54) is 51.6 Å². The lowest BCUT2D eigenvalue weighted by Crippen LogP contribution is -2.53. The van der Waals surface area contributed by atoms with Crippen LogP contribution in [0.2, 0.25) is 0 Å². The second-order valence-corrected chi connectivity index (χ2v) is 7.68. The third-order valence-electron chi connectivity index (χ3n) is 5.73. The fourth-order valence-electron chi connectivity index (χ4n) is 4.55. The molecule has 0 aromatic rings. The number of piperidine rings is 1. The normalized spacial score (nSPS) is 36.8. The topological polar surface area (TPSA) is 12.5 Å². The van der Waals surface area contributed by atoms with Gasteiger partial charge >= 0.3 is 0 Å². The highest BCUT2D eigenvalue weighted by Gasteiger charge is 2.51. The Labute approximate surface area is 112 Å². The summed E-state index contributed by atoms with van der Waals surface area (Å²) >= 11 is 0. The molecule has 2 heteroatoms. The zero-order chi connectivity index (χ0) is 12.8. The van der Waals surface area contributed by atoms with Crippen molar-refractivity contribution in [3.8, 4) is 0 Å². The molecule has 104 valence electrons. The van der Waals surface area contributed by atoms with Gasteiger partial charge in [0.05, 0.1) is 12.2 Å². The summed E-state index contributed by atoms with van der Waals surface area (Å²) in [5.74, 6) is 1.77. The van der Waals surface area contributed by atoms with Gasteiger partial charge in [-0.2, -0.15) is 0 Å². The van der Waals surface area contributed by atoms with Crippen LogP contribution < -0.4 is 0 Å². The van der Waals surface area contributed by atoms with E-state index in [4.69, 9.17) is 4.74 Å². The fraction of sp³-hybridized carbons (Fsp3) is 1.00. The highest BCUT2D eigenvalue weighted by Crippen LogP contribution is 2.50. The highest BCUT2D eigenvalue weighted by atomic mass is 16.5. The van der Waals surface area contributed by atoms with Gasteiger partial charge < -0.3 is 4.74 Å². The molecule has 2 unspecified atom stereocenters. The minimum atomic E-state index is 0.271. The molecule has 2 atom stereocenters. The van der Waals surface area contributed by atoms with Crippen molar-refractivity contribution in [2.24, 2.45) is 11.8 Å². The van der Waals surface area contributed by atoms with Gasteiger partial charge in [-0.3, -0.25) is 4.90 Å². The molecule has 3 rings (SSSR count). The van der Waals surface area contributed by atoms with E-state index in [2.05, 4.69) is 25.7 Å². The fourth-order valence-corrected chi connectivity index (χ4v) is 4.55. The molecule has 0 bridgehead atoms. The van der Waals surface area contributed by atoms with Crippen molar-refractivity contribution in [1.29, 1.82) is 0 Å². The molecule has 2 nitrogen and oxygen atoms in total. The van der Waals surface area contributed by atoms with Gasteiger partial charge in [0.2, 0.25) is 0 Å². The summed E-state index contributed by atoms with van der Waals surface area (Å²) in [5.41, 5.74) is 0.596. The maximum atomic E-state index is 6.36. The van der Waals surface area contributed by atoms with Gasteiger partial charge in [-0.1, -0.05) is 12.8 Å². The second-order valence-electron chi connectivity index (χ2n) is 7.68. The van der Waals surface area contributed by atoms with Crippen LogP contribution >= 0.6 is 0 Å². The molecule has 18 heavy (non-hydrogen) atoms. The first-order valence-electron chi connectivity index (χ1n) is 7.90. The summed E-state index contributed by atoms with van der Waals surface area (Å²) in [5, 5.41) is 0. The van der Waals surface area contributed by atoms with E-state index in [9.17, 15) is 0 Å². The van der Waals surface area contributed by atoms with Gasteiger partial charge in [0.1, 0.15) is 0 Å². The van der Waals surface area contributed by atoms with Gasteiger partial charge in [0.15, 0.2) is 0 Å². The Hall–Kier alpha value is -0.0800. The van der Waals surface area contributed by atoms with Gasteiger partial charge in [0, 0.05) is 18.6 Å². The molecule has 3 aliphatic rings. The number of hydrogen-bond donors (Lipinski definition) is 0. The second kappa shape index (κ2) is 4.49. The van der Waals surface area contributed by atoms with Gasteiger partial charge in [-0.25, -0.2) is 0 Å². The summed E-state index contributed by atoms with van der Waals surface area (Å²) in [7, 11) is 0. The van der Waals surface area contributed by atoms with Crippen molar-refractivity contribution in [2.75, 3.05) is 19.7 Å². The van der Waals surface area contributed by atoms with Crippen LogP contribution in [0, 0.1) is 11.8 Å². The summed E-state index contributed by atoms with van der Waals surface area (Å²) in [6.07, 6.45) is 8.27. The van der Waals surface area contributed by atoms with Crippen molar-refractivity contribution < 1.29 is 4.74 Å². The average molecular weight is 251 g/mol. The van der Waals surface area contributed by atoms with E-state index in [1.807, 2.05) is 0 Å². The number of rotatable bonds is 0. The number of nitrogens with zero attached hydrogens (tertiary/aromatic N) is 1. The Morgan fingerprint density at radius 2 is 1.72 bits per heavy atom. The van der Waals surface area contributed by atoms with E-state index in [0.29, 0.717) is 5.54 Å². The molecule has 1 aliphatic carbocycles. The maximum absolute atomic E-state index is 6.36. The molecule has 1 saturated carbocycles. The third-order valence-corrected chi connectivity index (χ3v) is 5.73. The largest absolute Gasteiger partial charge is 0.374 e. The van der Waals surface area contributed by atoms with Crippen molar-refractivity contribution in [3.63, 3.8) is 0 Å².